The minimum atomic E-state index is -0.868. The topological polar surface area (TPSA) is 70.9 Å². The smallest absolute Gasteiger partial charge is 0.252 e. The number of halogens is 1. The summed E-state index contributed by atoms with van der Waals surface area (Å²) in [4.78, 5) is 17.2. The minimum absolute atomic E-state index is 0.228. The van der Waals surface area contributed by atoms with E-state index < -0.39 is 11.2 Å². The number of unbranched alkanes of at least 4 members (excludes halogenated alkanes) is 1. The van der Waals surface area contributed by atoms with Gasteiger partial charge in [-0.2, -0.15) is 0 Å². The van der Waals surface area contributed by atoms with Crippen LogP contribution in [-0.2, 0) is 15.1 Å². The summed E-state index contributed by atoms with van der Waals surface area (Å²) < 4.78 is 6.25. The molecule has 2 aliphatic rings. The van der Waals surface area contributed by atoms with Crippen LogP contribution in [0.2, 0.25) is 5.02 Å². The van der Waals surface area contributed by atoms with Crippen LogP contribution in [0.1, 0.15) is 45.1 Å². The van der Waals surface area contributed by atoms with Crippen molar-refractivity contribution in [2.45, 2.75) is 50.7 Å². The first-order valence-corrected chi connectivity index (χ1v) is 10.4. The lowest BCUT2D eigenvalue weighted by molar-refractivity contribution is -0.118. The van der Waals surface area contributed by atoms with Crippen LogP contribution in [0.25, 0.3) is 0 Å². The minimum Gasteiger partial charge on any atom is -0.388 e. The summed E-state index contributed by atoms with van der Waals surface area (Å²) in [6.07, 6.45) is 7.40. The second-order valence-corrected chi connectivity index (χ2v) is 8.42. The number of aliphatic imine (C=N–C) groups is 1. The van der Waals surface area contributed by atoms with E-state index in [4.69, 9.17) is 16.3 Å². The Morgan fingerprint density at radius 3 is 2.75 bits per heavy atom. The largest absolute Gasteiger partial charge is 0.388 e. The van der Waals surface area contributed by atoms with Crippen LogP contribution >= 0.6 is 11.6 Å². The van der Waals surface area contributed by atoms with E-state index in [1.54, 1.807) is 13.1 Å². The first-order valence-electron chi connectivity index (χ1n) is 9.99. The molecule has 0 aromatic heterocycles. The van der Waals surface area contributed by atoms with Crippen molar-refractivity contribution in [3.63, 3.8) is 0 Å². The second kappa shape index (κ2) is 8.76. The fourth-order valence-electron chi connectivity index (χ4n) is 3.42. The highest BCUT2D eigenvalue weighted by atomic mass is 35.5. The monoisotopic (exact) mass is 404 g/mol. The zero-order chi connectivity index (χ0) is 20.2. The van der Waals surface area contributed by atoms with Crippen LogP contribution in [-0.4, -0.2) is 42.5 Å². The van der Waals surface area contributed by atoms with E-state index in [1.165, 1.54) is 0 Å². The normalized spacial score (nSPS) is 23.8. The molecule has 6 heteroatoms. The van der Waals surface area contributed by atoms with Gasteiger partial charge in [0.05, 0.1) is 17.7 Å². The molecule has 2 unspecified atom stereocenters. The van der Waals surface area contributed by atoms with Crippen molar-refractivity contribution in [3.8, 4) is 0 Å². The van der Waals surface area contributed by atoms with Crippen molar-refractivity contribution >= 4 is 23.7 Å². The standard InChI is InChI=1S/C22H29ClN2O3/c1-3-4-11-28-22(18-7-9-19(23)10-8-18)12-16(13-24-15-22)20(26)25-14-21(2,27)17-5-6-17/h7-10,12-13,17,27H,3-6,11,14-15H2,1-2H3,(H,25,26). The zero-order valence-corrected chi connectivity index (χ0v) is 17.3. The molecule has 0 saturated heterocycles. The number of nitrogens with zero attached hydrogens (tertiary/aromatic N) is 1. The molecule has 0 bridgehead atoms. The van der Waals surface area contributed by atoms with E-state index in [1.807, 2.05) is 30.3 Å². The molecule has 5 nitrogen and oxygen atoms in total. The number of benzene rings is 1. The van der Waals surface area contributed by atoms with Crippen LogP contribution < -0.4 is 5.32 Å². The average molecular weight is 405 g/mol. The number of carbonyl (C=O) groups is 1. The molecule has 0 radical (unpaired) electrons. The zero-order valence-electron chi connectivity index (χ0n) is 16.6. The highest BCUT2D eigenvalue weighted by molar-refractivity contribution is 6.30. The van der Waals surface area contributed by atoms with Crippen LogP contribution in [0.4, 0.5) is 0 Å². The molecule has 0 spiro atoms. The molecule has 28 heavy (non-hydrogen) atoms. The first kappa shape index (κ1) is 21.0. The van der Waals surface area contributed by atoms with Crippen LogP contribution in [0, 0.1) is 5.92 Å². The number of amides is 1. The van der Waals surface area contributed by atoms with Crippen LogP contribution in [0.5, 0.6) is 0 Å². The van der Waals surface area contributed by atoms with Gasteiger partial charge >= 0.3 is 0 Å². The van der Waals surface area contributed by atoms with E-state index in [-0.39, 0.29) is 18.4 Å². The van der Waals surface area contributed by atoms with Gasteiger partial charge in [-0.25, -0.2) is 0 Å². The number of ether oxygens (including phenoxy) is 1. The molecular formula is C22H29ClN2O3. The predicted octanol–water partition coefficient (Wildman–Crippen LogP) is 3.64. The summed E-state index contributed by atoms with van der Waals surface area (Å²) in [6.45, 7) is 5.11. The second-order valence-electron chi connectivity index (χ2n) is 7.98. The maximum Gasteiger partial charge on any atom is 0.252 e. The number of carbonyl (C=O) groups excluding carboxylic acids is 1. The van der Waals surface area contributed by atoms with Gasteiger partial charge in [-0.05, 0) is 55.9 Å². The van der Waals surface area contributed by atoms with Crippen molar-refractivity contribution in [1.82, 2.24) is 5.32 Å². The molecule has 1 aromatic carbocycles. The summed E-state index contributed by atoms with van der Waals surface area (Å²) >= 11 is 6.04. The van der Waals surface area contributed by atoms with Crippen molar-refractivity contribution in [1.29, 1.82) is 0 Å². The van der Waals surface area contributed by atoms with Crippen LogP contribution in [0.3, 0.4) is 0 Å². The third-order valence-electron chi connectivity index (χ3n) is 5.46. The Kier molecular flexibility index (Phi) is 6.58. The molecule has 1 aliphatic heterocycles. The maximum absolute atomic E-state index is 12.7. The average Bonchev–Trinajstić information content (AvgIpc) is 3.53. The number of aliphatic hydroxyl groups is 1. The third-order valence-corrected chi connectivity index (χ3v) is 5.71. The molecule has 152 valence electrons. The van der Waals surface area contributed by atoms with Gasteiger partial charge in [-0.3, -0.25) is 9.79 Å². The van der Waals surface area contributed by atoms with Gasteiger partial charge in [0.25, 0.3) is 5.91 Å². The summed E-state index contributed by atoms with van der Waals surface area (Å²) in [6, 6.07) is 7.47. The summed E-state index contributed by atoms with van der Waals surface area (Å²) in [5, 5.41) is 13.9. The van der Waals surface area contributed by atoms with Crippen molar-refractivity contribution < 1.29 is 14.6 Å². The molecule has 1 fully saturated rings. The highest BCUT2D eigenvalue weighted by Gasteiger charge is 2.40. The number of nitrogens with one attached hydrogen (secondary N) is 1. The van der Waals surface area contributed by atoms with Gasteiger partial charge in [-0.1, -0.05) is 37.1 Å². The number of rotatable bonds is 9. The Hall–Kier alpha value is -1.69. The maximum atomic E-state index is 12.7. The highest BCUT2D eigenvalue weighted by Crippen LogP contribution is 2.39. The Morgan fingerprint density at radius 2 is 2.11 bits per heavy atom. The molecule has 1 aliphatic carbocycles. The predicted molar refractivity (Wildman–Crippen MR) is 112 cm³/mol. The van der Waals surface area contributed by atoms with E-state index in [9.17, 15) is 9.90 Å². The fourth-order valence-corrected chi connectivity index (χ4v) is 3.55. The molecule has 2 N–H and O–H groups in total. The third kappa shape index (κ3) is 5.02. The van der Waals surface area contributed by atoms with Crippen LogP contribution in [0.15, 0.2) is 40.9 Å². The number of dihydropyridines is 1. The van der Waals surface area contributed by atoms with E-state index in [0.717, 1.165) is 31.2 Å². The van der Waals surface area contributed by atoms with E-state index in [2.05, 4.69) is 17.2 Å². The van der Waals surface area contributed by atoms with Crippen molar-refractivity contribution in [2.24, 2.45) is 10.9 Å². The van der Waals surface area contributed by atoms with Gasteiger partial charge in [-0.15, -0.1) is 0 Å². The molecule has 1 heterocycles. The Labute approximate surface area is 171 Å². The summed E-state index contributed by atoms with van der Waals surface area (Å²) in [5.41, 5.74) is -0.294. The number of hydrogen-bond acceptors (Lipinski definition) is 4. The van der Waals surface area contributed by atoms with Crippen molar-refractivity contribution in [3.05, 3.63) is 46.5 Å². The quantitative estimate of drug-likeness (QED) is 0.617. The molecule has 2 atom stereocenters. The molecule has 1 saturated carbocycles. The number of hydrogen-bond donors (Lipinski definition) is 2. The van der Waals surface area contributed by atoms with Gasteiger partial charge in [0.1, 0.15) is 5.60 Å². The molecule has 1 aromatic rings. The Bertz CT molecular complexity index is 754. The van der Waals surface area contributed by atoms with E-state index in [0.29, 0.717) is 23.7 Å². The molecule has 3 rings (SSSR count). The molecule has 1 amide bonds. The van der Waals surface area contributed by atoms with E-state index >= 15 is 0 Å². The fraction of sp³-hybridized carbons (Fsp3) is 0.545. The molecular weight excluding hydrogens is 376 g/mol. The first-order chi connectivity index (χ1) is 13.4. The van der Waals surface area contributed by atoms with Gasteiger partial charge in [0.2, 0.25) is 0 Å². The lowest BCUT2D eigenvalue weighted by Gasteiger charge is -2.33. The van der Waals surface area contributed by atoms with Crippen molar-refractivity contribution in [2.75, 3.05) is 19.7 Å². The Morgan fingerprint density at radius 1 is 1.39 bits per heavy atom. The summed E-state index contributed by atoms with van der Waals surface area (Å²) in [7, 11) is 0. The Balaban J connectivity index is 1.79. The summed E-state index contributed by atoms with van der Waals surface area (Å²) in [5.74, 6) is 0.0224. The van der Waals surface area contributed by atoms with Gasteiger partial charge in [0.15, 0.2) is 0 Å². The van der Waals surface area contributed by atoms with Gasteiger partial charge in [0, 0.05) is 24.4 Å². The van der Waals surface area contributed by atoms with Gasteiger partial charge < -0.3 is 15.2 Å². The SMILES string of the molecule is CCCCOC1(c2ccc(Cl)cc2)C=C(C(=O)NCC(C)(O)C2CC2)C=NC1. The lowest BCUT2D eigenvalue weighted by atomic mass is 9.89. The lowest BCUT2D eigenvalue weighted by Crippen LogP contribution is -2.44.